The van der Waals surface area contributed by atoms with Crippen molar-refractivity contribution in [3.05, 3.63) is 24.3 Å². The van der Waals surface area contributed by atoms with Gasteiger partial charge in [-0.1, -0.05) is 32.6 Å². The fraction of sp³-hybridized carbons (Fsp3) is 0.500. The van der Waals surface area contributed by atoms with Crippen LogP contribution in [0.15, 0.2) is 24.3 Å². The lowest BCUT2D eigenvalue weighted by atomic mass is 9.88. The fourth-order valence-corrected chi connectivity index (χ4v) is 2.49. The van der Waals surface area contributed by atoms with Gasteiger partial charge in [0.1, 0.15) is 11.8 Å². The van der Waals surface area contributed by atoms with E-state index in [0.29, 0.717) is 0 Å². The number of anilines is 1. The third-order valence-corrected chi connectivity index (χ3v) is 3.88. The maximum absolute atomic E-state index is 12.1. The molecule has 3 nitrogen and oxygen atoms in total. The monoisotopic (exact) mass is 285 g/mol. The second kappa shape index (κ2) is 7.17. The molecule has 0 unspecified atom stereocenters. The maximum Gasteiger partial charge on any atom is 0.234 e. The topological polar surface area (TPSA) is 29.5 Å². The van der Waals surface area contributed by atoms with Gasteiger partial charge in [0.05, 0.1) is 13.0 Å². The summed E-state index contributed by atoms with van der Waals surface area (Å²) in [7, 11) is 1.64. The zero-order chi connectivity index (χ0) is 15.2. The van der Waals surface area contributed by atoms with Gasteiger partial charge in [-0.15, -0.1) is 5.92 Å². The van der Waals surface area contributed by atoms with E-state index in [0.717, 1.165) is 24.3 Å². The molecule has 0 radical (unpaired) electrons. The molecule has 0 spiro atoms. The Morgan fingerprint density at radius 2 is 1.95 bits per heavy atom. The molecule has 1 heterocycles. The Hall–Kier alpha value is -1.95. The lowest BCUT2D eigenvalue weighted by Crippen LogP contribution is -2.59. The second-order valence-electron chi connectivity index (χ2n) is 5.42. The van der Waals surface area contributed by atoms with Crippen molar-refractivity contribution in [2.75, 3.05) is 12.0 Å². The predicted molar refractivity (Wildman–Crippen MR) is 85.4 cm³/mol. The van der Waals surface area contributed by atoms with E-state index >= 15 is 0 Å². The third kappa shape index (κ3) is 3.39. The lowest BCUT2D eigenvalue weighted by molar-refractivity contribution is -0.128. The summed E-state index contributed by atoms with van der Waals surface area (Å²) < 4.78 is 5.15. The molecule has 0 aliphatic carbocycles. The minimum absolute atomic E-state index is 0.00696. The van der Waals surface area contributed by atoms with E-state index in [1.54, 1.807) is 12.0 Å². The van der Waals surface area contributed by atoms with E-state index in [1.165, 1.54) is 12.8 Å². The Balaban J connectivity index is 2.04. The van der Waals surface area contributed by atoms with Crippen LogP contribution in [0.5, 0.6) is 5.75 Å². The zero-order valence-electron chi connectivity index (χ0n) is 13.1. The van der Waals surface area contributed by atoms with Crippen LogP contribution in [0, 0.1) is 17.8 Å². The van der Waals surface area contributed by atoms with Gasteiger partial charge in [0.2, 0.25) is 5.91 Å². The number of β-lactam (4-membered cyclic amide) rings is 1. The van der Waals surface area contributed by atoms with Gasteiger partial charge in [-0.2, -0.15) is 0 Å². The molecule has 0 N–H and O–H groups in total. The van der Waals surface area contributed by atoms with Crippen molar-refractivity contribution in [3.8, 4) is 17.6 Å². The molecule has 1 aliphatic rings. The first-order valence-corrected chi connectivity index (χ1v) is 7.64. The van der Waals surface area contributed by atoms with Crippen molar-refractivity contribution in [2.45, 2.75) is 45.6 Å². The summed E-state index contributed by atoms with van der Waals surface area (Å²) in [5, 5.41) is 0. The van der Waals surface area contributed by atoms with Crippen molar-refractivity contribution in [3.63, 3.8) is 0 Å². The van der Waals surface area contributed by atoms with Crippen molar-refractivity contribution in [1.82, 2.24) is 0 Å². The summed E-state index contributed by atoms with van der Waals surface area (Å²) in [6, 6.07) is 7.57. The largest absolute Gasteiger partial charge is 0.497 e. The Labute approximate surface area is 127 Å². The molecular formula is C18H23NO2. The normalized spacial score (nSPS) is 20.5. The van der Waals surface area contributed by atoms with Crippen LogP contribution in [0.1, 0.15) is 39.5 Å². The first-order valence-electron chi connectivity index (χ1n) is 7.64. The number of amides is 1. The third-order valence-electron chi connectivity index (χ3n) is 3.88. The number of nitrogens with zero attached hydrogens (tertiary/aromatic N) is 1. The standard InChI is InChI=1S/C18H23NO2/c1-4-5-6-7-8-9-17-14(2)18(20)19(17)15-10-12-16(21-3)13-11-15/h10-14,17H,4-7H2,1-3H3/t14-,17+/m1/s1. The maximum atomic E-state index is 12.1. The number of carbonyl (C=O) groups is 1. The molecule has 0 saturated carbocycles. The average molecular weight is 285 g/mol. The van der Waals surface area contributed by atoms with Gasteiger partial charge in [0, 0.05) is 12.1 Å². The number of methoxy groups -OCH3 is 1. The molecule has 112 valence electrons. The number of rotatable bonds is 5. The van der Waals surface area contributed by atoms with E-state index in [9.17, 15) is 4.79 Å². The van der Waals surface area contributed by atoms with Gasteiger partial charge < -0.3 is 4.74 Å². The van der Waals surface area contributed by atoms with Crippen molar-refractivity contribution in [1.29, 1.82) is 0 Å². The molecule has 0 aromatic heterocycles. The summed E-state index contributed by atoms with van der Waals surface area (Å²) in [5.41, 5.74) is 0.895. The van der Waals surface area contributed by atoms with Crippen LogP contribution < -0.4 is 9.64 Å². The quantitative estimate of drug-likeness (QED) is 0.470. The Morgan fingerprint density at radius 3 is 2.57 bits per heavy atom. The highest BCUT2D eigenvalue weighted by molar-refractivity contribution is 6.03. The predicted octanol–water partition coefficient (Wildman–Crippen LogP) is 3.63. The first-order chi connectivity index (χ1) is 10.2. The minimum Gasteiger partial charge on any atom is -0.497 e. The highest BCUT2D eigenvalue weighted by atomic mass is 16.5. The van der Waals surface area contributed by atoms with E-state index in [1.807, 2.05) is 31.2 Å². The molecule has 1 saturated heterocycles. The van der Waals surface area contributed by atoms with Gasteiger partial charge in [-0.05, 0) is 30.7 Å². The molecule has 0 bridgehead atoms. The Morgan fingerprint density at radius 1 is 1.24 bits per heavy atom. The molecule has 1 aromatic carbocycles. The van der Waals surface area contributed by atoms with Crippen LogP contribution in [0.4, 0.5) is 5.69 Å². The highest BCUT2D eigenvalue weighted by Gasteiger charge is 2.44. The molecule has 21 heavy (non-hydrogen) atoms. The molecule has 2 atom stereocenters. The number of unbranched alkanes of at least 4 members (excludes halogenated alkanes) is 3. The Kier molecular flexibility index (Phi) is 5.27. The molecular weight excluding hydrogens is 262 g/mol. The van der Waals surface area contributed by atoms with E-state index < -0.39 is 0 Å². The van der Waals surface area contributed by atoms with Crippen LogP contribution in [0.3, 0.4) is 0 Å². The van der Waals surface area contributed by atoms with Gasteiger partial charge in [-0.25, -0.2) is 0 Å². The number of carbonyl (C=O) groups excluding carboxylic acids is 1. The van der Waals surface area contributed by atoms with E-state index in [4.69, 9.17) is 4.74 Å². The molecule has 1 amide bonds. The molecule has 1 aromatic rings. The smallest absolute Gasteiger partial charge is 0.234 e. The van der Waals surface area contributed by atoms with Crippen molar-refractivity contribution >= 4 is 11.6 Å². The van der Waals surface area contributed by atoms with Gasteiger partial charge in [0.15, 0.2) is 0 Å². The van der Waals surface area contributed by atoms with E-state index in [-0.39, 0.29) is 17.9 Å². The van der Waals surface area contributed by atoms with Crippen molar-refractivity contribution in [2.24, 2.45) is 5.92 Å². The summed E-state index contributed by atoms with van der Waals surface area (Å²) in [5.74, 6) is 7.42. The molecule has 3 heteroatoms. The number of ether oxygens (including phenoxy) is 1. The summed E-state index contributed by atoms with van der Waals surface area (Å²) in [4.78, 5) is 13.9. The van der Waals surface area contributed by atoms with Crippen LogP contribution in [0.25, 0.3) is 0 Å². The van der Waals surface area contributed by atoms with Crippen LogP contribution in [-0.2, 0) is 4.79 Å². The number of benzene rings is 1. The van der Waals surface area contributed by atoms with E-state index in [2.05, 4.69) is 18.8 Å². The SMILES string of the molecule is CCCCCC#C[C@H]1[C@@H](C)C(=O)N1c1ccc(OC)cc1. The van der Waals surface area contributed by atoms with Gasteiger partial charge >= 0.3 is 0 Å². The second-order valence-corrected chi connectivity index (χ2v) is 5.42. The summed E-state index contributed by atoms with van der Waals surface area (Å²) in [6.45, 7) is 4.14. The summed E-state index contributed by atoms with van der Waals surface area (Å²) >= 11 is 0. The summed E-state index contributed by atoms with van der Waals surface area (Å²) in [6.07, 6.45) is 4.48. The fourth-order valence-electron chi connectivity index (χ4n) is 2.49. The lowest BCUT2D eigenvalue weighted by Gasteiger charge is -2.42. The molecule has 2 rings (SSSR count). The van der Waals surface area contributed by atoms with Crippen LogP contribution >= 0.6 is 0 Å². The number of hydrogen-bond acceptors (Lipinski definition) is 2. The Bertz CT molecular complexity index is 539. The van der Waals surface area contributed by atoms with Gasteiger partial charge in [0.25, 0.3) is 0 Å². The number of hydrogen-bond donors (Lipinski definition) is 0. The highest BCUT2D eigenvalue weighted by Crippen LogP contribution is 2.32. The van der Waals surface area contributed by atoms with Crippen LogP contribution in [-0.4, -0.2) is 19.1 Å². The van der Waals surface area contributed by atoms with Crippen molar-refractivity contribution < 1.29 is 9.53 Å². The molecule has 1 aliphatic heterocycles. The first kappa shape index (κ1) is 15.4. The zero-order valence-corrected chi connectivity index (χ0v) is 13.1. The van der Waals surface area contributed by atoms with Gasteiger partial charge in [-0.3, -0.25) is 9.69 Å². The minimum atomic E-state index is -0.00854. The average Bonchev–Trinajstić information content (AvgIpc) is 2.53. The molecule has 1 fully saturated rings. The van der Waals surface area contributed by atoms with Crippen LogP contribution in [0.2, 0.25) is 0 Å².